The number of aliphatic hydroxyl groups excluding tert-OH is 2. The summed E-state index contributed by atoms with van der Waals surface area (Å²) in [6.45, 7) is 0. The Morgan fingerprint density at radius 1 is 1.21 bits per heavy atom. The number of aliphatic carboxylic acids is 1. The molecular formula is C13H14O6. The molecule has 2 unspecified atom stereocenters. The maximum absolute atomic E-state index is 10.9. The third-order valence-corrected chi connectivity index (χ3v) is 2.44. The molecule has 6 nitrogen and oxygen atoms in total. The number of ether oxygens (including phenoxy) is 1. The normalized spacial score (nSPS) is 14.1. The van der Waals surface area contributed by atoms with Gasteiger partial charge in [0.1, 0.15) is 6.10 Å². The van der Waals surface area contributed by atoms with Gasteiger partial charge in [0.25, 0.3) is 0 Å². The van der Waals surface area contributed by atoms with Crippen LogP contribution in [-0.4, -0.2) is 40.5 Å². The molecule has 0 spiro atoms. The average Bonchev–Trinajstić information content (AvgIpc) is 2.43. The zero-order chi connectivity index (χ0) is 14.4. The van der Waals surface area contributed by atoms with E-state index in [2.05, 4.69) is 4.74 Å². The summed E-state index contributed by atoms with van der Waals surface area (Å²) in [6.07, 6.45) is -0.639. The number of carboxylic acids is 1. The van der Waals surface area contributed by atoms with Gasteiger partial charge in [-0.1, -0.05) is 24.3 Å². The number of carboxylic acid groups (broad SMARTS) is 1. The van der Waals surface area contributed by atoms with Crippen LogP contribution in [0.1, 0.15) is 17.2 Å². The first-order valence-electron chi connectivity index (χ1n) is 5.40. The number of rotatable bonds is 5. The quantitative estimate of drug-likeness (QED) is 0.525. The molecule has 19 heavy (non-hydrogen) atoms. The van der Waals surface area contributed by atoms with E-state index in [-0.39, 0.29) is 5.56 Å². The number of carbonyl (C=O) groups is 2. The molecule has 0 heterocycles. The molecule has 0 bridgehead atoms. The molecule has 0 saturated heterocycles. The van der Waals surface area contributed by atoms with Gasteiger partial charge in [-0.15, -0.1) is 0 Å². The van der Waals surface area contributed by atoms with Crippen molar-refractivity contribution in [1.82, 2.24) is 0 Å². The van der Waals surface area contributed by atoms with Gasteiger partial charge < -0.3 is 20.1 Å². The number of carbonyl (C=O) groups excluding carboxylic acids is 1. The first kappa shape index (κ1) is 14.9. The summed E-state index contributed by atoms with van der Waals surface area (Å²) in [5.74, 6) is -1.99. The molecule has 1 aromatic carbocycles. The van der Waals surface area contributed by atoms with Crippen LogP contribution in [0.15, 0.2) is 30.3 Å². The van der Waals surface area contributed by atoms with Crippen molar-refractivity contribution in [1.29, 1.82) is 0 Å². The summed E-state index contributed by atoms with van der Waals surface area (Å²) < 4.78 is 4.43. The molecule has 0 radical (unpaired) electrons. The second-order valence-electron chi connectivity index (χ2n) is 3.75. The minimum Gasteiger partial charge on any atom is -0.479 e. The first-order chi connectivity index (χ1) is 8.95. The molecule has 1 rings (SSSR count). The molecule has 0 aliphatic carbocycles. The van der Waals surface area contributed by atoms with Gasteiger partial charge in [0.2, 0.25) is 0 Å². The lowest BCUT2D eigenvalue weighted by Crippen LogP contribution is -2.27. The lowest BCUT2D eigenvalue weighted by atomic mass is 10.0. The van der Waals surface area contributed by atoms with Gasteiger partial charge in [-0.2, -0.15) is 0 Å². The number of methoxy groups -OCH3 is 1. The van der Waals surface area contributed by atoms with E-state index in [0.29, 0.717) is 5.56 Å². The Kier molecular flexibility index (Phi) is 5.23. The zero-order valence-corrected chi connectivity index (χ0v) is 10.2. The monoisotopic (exact) mass is 266 g/mol. The van der Waals surface area contributed by atoms with Crippen LogP contribution in [0.3, 0.4) is 0 Å². The first-order valence-corrected chi connectivity index (χ1v) is 5.40. The summed E-state index contributed by atoms with van der Waals surface area (Å²) in [7, 11) is 1.26. The van der Waals surface area contributed by atoms with Crippen LogP contribution in [-0.2, 0) is 14.3 Å². The third kappa shape index (κ3) is 4.20. The number of hydrogen-bond acceptors (Lipinski definition) is 5. The molecular weight excluding hydrogens is 252 g/mol. The van der Waals surface area contributed by atoms with Crippen molar-refractivity contribution < 1.29 is 29.6 Å². The van der Waals surface area contributed by atoms with Crippen molar-refractivity contribution in [2.45, 2.75) is 12.2 Å². The zero-order valence-electron chi connectivity index (χ0n) is 10.2. The van der Waals surface area contributed by atoms with Crippen LogP contribution < -0.4 is 0 Å². The summed E-state index contributed by atoms with van der Waals surface area (Å²) in [5.41, 5.74) is 0.941. The van der Waals surface area contributed by atoms with Gasteiger partial charge in [-0.25, -0.2) is 9.59 Å². The lowest BCUT2D eigenvalue weighted by molar-refractivity contribution is -0.153. The molecule has 1 aromatic rings. The molecule has 0 aliphatic rings. The van der Waals surface area contributed by atoms with Gasteiger partial charge in [0.05, 0.1) is 7.11 Å². The fourth-order valence-electron chi connectivity index (χ4n) is 1.35. The number of hydrogen-bond donors (Lipinski definition) is 3. The SMILES string of the molecule is COC(=O)/C=C/c1ccc(C(O)C(O)C(=O)O)cc1. The van der Waals surface area contributed by atoms with Crippen molar-refractivity contribution in [3.63, 3.8) is 0 Å². The van der Waals surface area contributed by atoms with Gasteiger partial charge in [-0.05, 0) is 17.2 Å². The average molecular weight is 266 g/mol. The smallest absolute Gasteiger partial charge is 0.335 e. The third-order valence-electron chi connectivity index (χ3n) is 2.44. The highest BCUT2D eigenvalue weighted by molar-refractivity contribution is 5.86. The Morgan fingerprint density at radius 3 is 2.26 bits per heavy atom. The van der Waals surface area contributed by atoms with Crippen LogP contribution in [0.25, 0.3) is 6.08 Å². The predicted molar refractivity (Wildman–Crippen MR) is 66.1 cm³/mol. The van der Waals surface area contributed by atoms with Gasteiger partial charge in [0.15, 0.2) is 6.10 Å². The minimum absolute atomic E-state index is 0.269. The molecule has 2 atom stereocenters. The van der Waals surface area contributed by atoms with Crippen LogP contribution in [0.4, 0.5) is 0 Å². The molecule has 0 amide bonds. The van der Waals surface area contributed by atoms with E-state index in [1.807, 2.05) is 0 Å². The van der Waals surface area contributed by atoms with E-state index in [0.717, 1.165) is 0 Å². The standard InChI is InChI=1S/C13H14O6/c1-19-10(14)7-4-8-2-5-9(6-3-8)11(15)12(16)13(17)18/h2-7,11-12,15-16H,1H3,(H,17,18)/b7-4+. The second kappa shape index (κ2) is 6.67. The number of benzene rings is 1. The van der Waals surface area contributed by atoms with Crippen LogP contribution in [0.2, 0.25) is 0 Å². The van der Waals surface area contributed by atoms with Crippen molar-refractivity contribution >= 4 is 18.0 Å². The molecule has 0 saturated carbocycles. The predicted octanol–water partition coefficient (Wildman–Crippen LogP) is 0.352. The van der Waals surface area contributed by atoms with E-state index in [1.165, 1.54) is 31.4 Å². The summed E-state index contributed by atoms with van der Waals surface area (Å²) in [4.78, 5) is 21.4. The van der Waals surface area contributed by atoms with E-state index >= 15 is 0 Å². The molecule has 0 fully saturated rings. The maximum Gasteiger partial charge on any atom is 0.335 e. The van der Waals surface area contributed by atoms with E-state index in [1.54, 1.807) is 12.1 Å². The Bertz CT molecular complexity index is 476. The fourth-order valence-corrected chi connectivity index (χ4v) is 1.35. The van der Waals surface area contributed by atoms with E-state index in [4.69, 9.17) is 5.11 Å². The van der Waals surface area contributed by atoms with Crippen molar-refractivity contribution in [2.75, 3.05) is 7.11 Å². The number of esters is 1. The maximum atomic E-state index is 10.9. The molecule has 0 aliphatic heterocycles. The topological polar surface area (TPSA) is 104 Å². The Balaban J connectivity index is 2.79. The Morgan fingerprint density at radius 2 is 1.79 bits per heavy atom. The molecule has 6 heteroatoms. The van der Waals surface area contributed by atoms with Gasteiger partial charge in [-0.3, -0.25) is 0 Å². The molecule has 3 N–H and O–H groups in total. The van der Waals surface area contributed by atoms with E-state index in [9.17, 15) is 19.8 Å². The molecule has 102 valence electrons. The largest absolute Gasteiger partial charge is 0.479 e. The van der Waals surface area contributed by atoms with Gasteiger partial charge in [0, 0.05) is 6.08 Å². The summed E-state index contributed by atoms with van der Waals surface area (Å²) in [6, 6.07) is 6.08. The van der Waals surface area contributed by atoms with Crippen molar-refractivity contribution in [3.8, 4) is 0 Å². The minimum atomic E-state index is -1.88. The summed E-state index contributed by atoms with van der Waals surface area (Å²) in [5, 5.41) is 27.4. The fraction of sp³-hybridized carbons (Fsp3) is 0.231. The van der Waals surface area contributed by atoms with Crippen LogP contribution in [0.5, 0.6) is 0 Å². The lowest BCUT2D eigenvalue weighted by Gasteiger charge is -2.14. The Hall–Kier alpha value is -2.18. The Labute approximate surface area is 109 Å². The van der Waals surface area contributed by atoms with Gasteiger partial charge >= 0.3 is 11.9 Å². The van der Waals surface area contributed by atoms with Crippen LogP contribution >= 0.6 is 0 Å². The highest BCUT2D eigenvalue weighted by Gasteiger charge is 2.24. The highest BCUT2D eigenvalue weighted by Crippen LogP contribution is 2.18. The van der Waals surface area contributed by atoms with Crippen molar-refractivity contribution in [3.05, 3.63) is 41.5 Å². The van der Waals surface area contributed by atoms with Crippen LogP contribution in [0, 0.1) is 0 Å². The molecule has 0 aromatic heterocycles. The second-order valence-corrected chi connectivity index (χ2v) is 3.75. The number of aliphatic hydroxyl groups is 2. The highest BCUT2D eigenvalue weighted by atomic mass is 16.5. The van der Waals surface area contributed by atoms with Crippen molar-refractivity contribution in [2.24, 2.45) is 0 Å². The summed E-state index contributed by atoms with van der Waals surface area (Å²) >= 11 is 0. The van der Waals surface area contributed by atoms with E-state index < -0.39 is 24.1 Å².